The van der Waals surface area contributed by atoms with E-state index in [2.05, 4.69) is 22.5 Å². The Bertz CT molecular complexity index is 1220. The quantitative estimate of drug-likeness (QED) is 0.506. The van der Waals surface area contributed by atoms with E-state index >= 15 is 0 Å². The molecular formula is C26H28N4O5. The Balaban J connectivity index is 1.48. The molecule has 1 aliphatic rings. The van der Waals surface area contributed by atoms with Crippen LogP contribution in [-0.2, 0) is 16.6 Å². The van der Waals surface area contributed by atoms with Gasteiger partial charge < -0.3 is 14.7 Å². The molecule has 182 valence electrons. The molecule has 35 heavy (non-hydrogen) atoms. The number of aliphatic carboxylic acids is 1. The largest absolute Gasteiger partial charge is 0.481 e. The molecule has 9 nitrogen and oxygen atoms in total. The number of hydrogen-bond acceptors (Lipinski definition) is 5. The highest BCUT2D eigenvalue weighted by atomic mass is 16.5. The summed E-state index contributed by atoms with van der Waals surface area (Å²) in [6, 6.07) is 15.6. The van der Waals surface area contributed by atoms with Crippen LogP contribution in [0.3, 0.4) is 0 Å². The predicted octanol–water partition coefficient (Wildman–Crippen LogP) is 4.11. The van der Waals surface area contributed by atoms with Crippen LogP contribution >= 0.6 is 0 Å². The van der Waals surface area contributed by atoms with Crippen molar-refractivity contribution >= 4 is 23.8 Å². The van der Waals surface area contributed by atoms with Gasteiger partial charge in [-0.3, -0.25) is 19.6 Å². The van der Waals surface area contributed by atoms with Crippen molar-refractivity contribution in [1.29, 1.82) is 0 Å². The maximum Gasteiger partial charge on any atom is 0.412 e. The van der Waals surface area contributed by atoms with Crippen molar-refractivity contribution in [2.24, 2.45) is 7.05 Å². The minimum atomic E-state index is -0.994. The van der Waals surface area contributed by atoms with Gasteiger partial charge in [0, 0.05) is 25.6 Å². The van der Waals surface area contributed by atoms with E-state index in [9.17, 15) is 14.4 Å². The van der Waals surface area contributed by atoms with Crippen molar-refractivity contribution in [2.45, 2.75) is 32.2 Å². The van der Waals surface area contributed by atoms with E-state index in [0.29, 0.717) is 6.54 Å². The highest BCUT2D eigenvalue weighted by Crippen LogP contribution is 2.44. The molecule has 1 aliphatic carbocycles. The summed E-state index contributed by atoms with van der Waals surface area (Å²) in [5, 5.41) is 15.9. The lowest BCUT2D eigenvalue weighted by molar-refractivity contribution is -0.138. The number of carboxylic acids is 1. The first-order chi connectivity index (χ1) is 16.8. The molecule has 0 saturated heterocycles. The maximum absolute atomic E-state index is 13.1. The molecule has 0 spiro atoms. The van der Waals surface area contributed by atoms with E-state index in [1.54, 1.807) is 20.9 Å². The third-order valence-electron chi connectivity index (χ3n) is 6.34. The Morgan fingerprint density at radius 2 is 1.71 bits per heavy atom. The summed E-state index contributed by atoms with van der Waals surface area (Å²) in [5.74, 6) is -1.31. The Hall–Kier alpha value is -4.14. The third-order valence-corrected chi connectivity index (χ3v) is 6.34. The van der Waals surface area contributed by atoms with Crippen LogP contribution in [0.1, 0.15) is 47.7 Å². The molecule has 1 aromatic heterocycles. The molecule has 2 aromatic carbocycles. The minimum Gasteiger partial charge on any atom is -0.481 e. The van der Waals surface area contributed by atoms with Crippen molar-refractivity contribution in [3.05, 3.63) is 71.4 Å². The number of carbonyl (C=O) groups excluding carboxylic acids is 2. The number of hydrogen-bond donors (Lipinski definition) is 2. The Labute approximate surface area is 203 Å². The number of benzene rings is 2. The zero-order chi connectivity index (χ0) is 25.1. The number of fused-ring (bicyclic) bond motifs is 3. The Kier molecular flexibility index (Phi) is 6.86. The molecule has 1 heterocycles. The van der Waals surface area contributed by atoms with E-state index in [-0.39, 0.29) is 30.3 Å². The molecule has 0 fully saturated rings. The number of amides is 2. The SMILES string of the molecule is CCN(C(=O)c1cnn(C)c1NC(=O)OCC1c2ccccc2-c2ccccc21)C(C)CC(=O)O. The summed E-state index contributed by atoms with van der Waals surface area (Å²) in [7, 11) is 1.60. The molecule has 3 aromatic rings. The number of anilines is 1. The molecule has 0 aliphatic heterocycles. The number of nitrogens with one attached hydrogen (secondary N) is 1. The molecular weight excluding hydrogens is 448 g/mol. The van der Waals surface area contributed by atoms with Crippen LogP contribution in [-0.4, -0.2) is 57.0 Å². The van der Waals surface area contributed by atoms with Crippen molar-refractivity contribution in [3.8, 4) is 11.1 Å². The molecule has 2 N–H and O–H groups in total. The third kappa shape index (κ3) is 4.75. The Morgan fingerprint density at radius 3 is 2.29 bits per heavy atom. The van der Waals surface area contributed by atoms with Gasteiger partial charge in [0.15, 0.2) is 0 Å². The standard InChI is InChI=1S/C26H28N4O5/c1-4-30(16(2)13-23(31)32)25(33)21-14-27-29(3)24(21)28-26(34)35-15-22-19-11-7-5-9-17(19)18-10-6-8-12-20(18)22/h5-12,14,16,22H,4,13,15H2,1-3H3,(H,28,34)(H,31,32). The molecule has 9 heteroatoms. The van der Waals surface area contributed by atoms with Gasteiger partial charge in [-0.05, 0) is 36.1 Å². The summed E-state index contributed by atoms with van der Waals surface area (Å²) in [4.78, 5) is 38.5. The minimum absolute atomic E-state index is 0.0896. The molecule has 0 saturated carbocycles. The lowest BCUT2D eigenvalue weighted by Crippen LogP contribution is -2.40. The molecule has 4 rings (SSSR count). The van der Waals surface area contributed by atoms with E-state index in [0.717, 1.165) is 22.3 Å². The monoisotopic (exact) mass is 476 g/mol. The number of carbonyl (C=O) groups is 3. The van der Waals surface area contributed by atoms with Crippen LogP contribution in [0.4, 0.5) is 10.6 Å². The molecule has 0 bridgehead atoms. The van der Waals surface area contributed by atoms with Crippen molar-refractivity contribution < 1.29 is 24.2 Å². The number of aryl methyl sites for hydroxylation is 1. The molecule has 2 amide bonds. The fourth-order valence-corrected chi connectivity index (χ4v) is 4.65. The van der Waals surface area contributed by atoms with Crippen LogP contribution in [0, 0.1) is 0 Å². The first-order valence-electron chi connectivity index (χ1n) is 11.5. The van der Waals surface area contributed by atoms with E-state index < -0.39 is 24.0 Å². The van der Waals surface area contributed by atoms with Crippen LogP contribution in [0.2, 0.25) is 0 Å². The lowest BCUT2D eigenvalue weighted by atomic mass is 9.98. The second-order valence-corrected chi connectivity index (χ2v) is 8.52. The average Bonchev–Trinajstić information content (AvgIpc) is 3.35. The number of nitrogens with zero attached hydrogens (tertiary/aromatic N) is 3. The van der Waals surface area contributed by atoms with Gasteiger partial charge in [-0.15, -0.1) is 0 Å². The van der Waals surface area contributed by atoms with Crippen molar-refractivity contribution in [2.75, 3.05) is 18.5 Å². The molecule has 1 atom stereocenters. The summed E-state index contributed by atoms with van der Waals surface area (Å²) in [6.07, 6.45) is 0.471. The van der Waals surface area contributed by atoms with Crippen LogP contribution in [0.15, 0.2) is 54.7 Å². The van der Waals surface area contributed by atoms with Gasteiger partial charge >= 0.3 is 12.1 Å². The van der Waals surface area contributed by atoms with Gasteiger partial charge in [-0.1, -0.05) is 48.5 Å². The van der Waals surface area contributed by atoms with Gasteiger partial charge in [0.2, 0.25) is 0 Å². The van der Waals surface area contributed by atoms with Gasteiger partial charge in [0.05, 0.1) is 12.6 Å². The normalized spacial score (nSPS) is 13.0. The van der Waals surface area contributed by atoms with Gasteiger partial charge in [0.25, 0.3) is 5.91 Å². The summed E-state index contributed by atoms with van der Waals surface area (Å²) >= 11 is 0. The van der Waals surface area contributed by atoms with Crippen LogP contribution in [0.5, 0.6) is 0 Å². The van der Waals surface area contributed by atoms with Gasteiger partial charge in [-0.2, -0.15) is 5.10 Å². The number of rotatable bonds is 8. The zero-order valence-electron chi connectivity index (χ0n) is 19.9. The fraction of sp³-hybridized carbons (Fsp3) is 0.308. The lowest BCUT2D eigenvalue weighted by Gasteiger charge is -2.27. The Morgan fingerprint density at radius 1 is 1.11 bits per heavy atom. The fourth-order valence-electron chi connectivity index (χ4n) is 4.65. The maximum atomic E-state index is 13.1. The topological polar surface area (TPSA) is 114 Å². The van der Waals surface area contributed by atoms with Crippen LogP contribution in [0.25, 0.3) is 11.1 Å². The number of ether oxygens (including phenoxy) is 1. The van der Waals surface area contributed by atoms with E-state index in [1.165, 1.54) is 15.8 Å². The van der Waals surface area contributed by atoms with Gasteiger partial charge in [0.1, 0.15) is 18.0 Å². The van der Waals surface area contributed by atoms with E-state index in [4.69, 9.17) is 9.84 Å². The highest BCUT2D eigenvalue weighted by molar-refractivity contribution is 6.01. The number of aromatic nitrogens is 2. The first kappa shape index (κ1) is 24.0. The highest BCUT2D eigenvalue weighted by Gasteiger charge is 2.30. The van der Waals surface area contributed by atoms with Crippen molar-refractivity contribution in [3.63, 3.8) is 0 Å². The second kappa shape index (κ2) is 10.0. The van der Waals surface area contributed by atoms with Crippen LogP contribution < -0.4 is 5.32 Å². The predicted molar refractivity (Wildman–Crippen MR) is 130 cm³/mol. The van der Waals surface area contributed by atoms with E-state index in [1.807, 2.05) is 36.4 Å². The molecule has 0 radical (unpaired) electrons. The van der Waals surface area contributed by atoms with Gasteiger partial charge in [-0.25, -0.2) is 4.79 Å². The summed E-state index contributed by atoms with van der Waals surface area (Å²) in [6.45, 7) is 3.89. The smallest absolute Gasteiger partial charge is 0.412 e. The number of carboxylic acid groups (broad SMARTS) is 1. The zero-order valence-corrected chi connectivity index (χ0v) is 19.9. The average molecular weight is 477 g/mol. The molecule has 1 unspecified atom stereocenters. The van der Waals surface area contributed by atoms with Crippen molar-refractivity contribution in [1.82, 2.24) is 14.7 Å². The summed E-state index contributed by atoms with van der Waals surface area (Å²) in [5.41, 5.74) is 4.63. The first-order valence-corrected chi connectivity index (χ1v) is 11.5. The summed E-state index contributed by atoms with van der Waals surface area (Å²) < 4.78 is 6.98. The second-order valence-electron chi connectivity index (χ2n) is 8.52.